The number of carbonyl (C=O) groups is 1. The molecule has 0 radical (unpaired) electrons. The average Bonchev–Trinajstić information content (AvgIpc) is 2.86. The van der Waals surface area contributed by atoms with Crippen molar-refractivity contribution in [2.75, 3.05) is 27.2 Å². The molecule has 0 aliphatic carbocycles. The number of hydrogen-bond donors (Lipinski definition) is 2. The van der Waals surface area contributed by atoms with E-state index < -0.39 is 0 Å². The van der Waals surface area contributed by atoms with Gasteiger partial charge in [-0.05, 0) is 50.2 Å². The fourth-order valence-electron chi connectivity index (χ4n) is 3.32. The van der Waals surface area contributed by atoms with E-state index in [9.17, 15) is 4.79 Å². The molecule has 1 aliphatic rings. The first-order chi connectivity index (χ1) is 12.0. The summed E-state index contributed by atoms with van der Waals surface area (Å²) in [7, 11) is 4.19. The third kappa shape index (κ3) is 4.09. The van der Waals surface area contributed by atoms with Crippen LogP contribution in [0, 0.1) is 0 Å². The third-order valence-corrected chi connectivity index (χ3v) is 4.83. The van der Waals surface area contributed by atoms with Gasteiger partial charge in [-0.3, -0.25) is 4.79 Å². The summed E-state index contributed by atoms with van der Waals surface area (Å²) in [6.45, 7) is 4.64. The maximum atomic E-state index is 12.1. The standard InChI is InChI=1S/C21H27N3O/c1-21(19-7-5-4-6-18(19)20(25)23-21)15-22-14-17-10-8-16(9-11-17)12-13-24(2)3/h4-11,22H,12-15H2,1-3H3,(H,23,25). The smallest absolute Gasteiger partial charge is 0.252 e. The first-order valence-corrected chi connectivity index (χ1v) is 8.83. The molecule has 4 nitrogen and oxygen atoms in total. The van der Waals surface area contributed by atoms with Gasteiger partial charge >= 0.3 is 0 Å². The fourth-order valence-corrected chi connectivity index (χ4v) is 3.32. The number of fused-ring (bicyclic) bond motifs is 1. The molecule has 1 amide bonds. The van der Waals surface area contributed by atoms with E-state index in [0.29, 0.717) is 6.54 Å². The number of benzene rings is 2. The second-order valence-electron chi connectivity index (χ2n) is 7.31. The second-order valence-corrected chi connectivity index (χ2v) is 7.31. The highest BCUT2D eigenvalue weighted by Crippen LogP contribution is 2.30. The summed E-state index contributed by atoms with van der Waals surface area (Å²) in [5.74, 6) is 0.0187. The molecule has 2 aromatic rings. The lowest BCUT2D eigenvalue weighted by molar-refractivity contribution is 0.0934. The van der Waals surface area contributed by atoms with Gasteiger partial charge in [0.2, 0.25) is 0 Å². The molecule has 0 fully saturated rings. The molecule has 25 heavy (non-hydrogen) atoms. The molecule has 0 bridgehead atoms. The van der Waals surface area contributed by atoms with Crippen molar-refractivity contribution in [2.24, 2.45) is 0 Å². The van der Waals surface area contributed by atoms with Crippen LogP contribution in [0.5, 0.6) is 0 Å². The average molecular weight is 337 g/mol. The van der Waals surface area contributed by atoms with E-state index in [0.717, 1.165) is 30.6 Å². The molecule has 4 heteroatoms. The highest BCUT2D eigenvalue weighted by molar-refractivity contribution is 5.99. The summed E-state index contributed by atoms with van der Waals surface area (Å²) in [6, 6.07) is 16.6. The molecule has 1 unspecified atom stereocenters. The lowest BCUT2D eigenvalue weighted by Crippen LogP contribution is -2.44. The number of likely N-dealkylation sites (N-methyl/N-ethyl adjacent to an activating group) is 1. The van der Waals surface area contributed by atoms with E-state index in [1.165, 1.54) is 11.1 Å². The molecular weight excluding hydrogens is 310 g/mol. The number of rotatable bonds is 7. The Bertz CT molecular complexity index is 739. The third-order valence-electron chi connectivity index (χ3n) is 4.83. The van der Waals surface area contributed by atoms with Crippen LogP contribution in [0.15, 0.2) is 48.5 Å². The largest absolute Gasteiger partial charge is 0.341 e. The van der Waals surface area contributed by atoms with Crippen LogP contribution < -0.4 is 10.6 Å². The first-order valence-electron chi connectivity index (χ1n) is 8.83. The molecule has 2 N–H and O–H groups in total. The van der Waals surface area contributed by atoms with E-state index in [-0.39, 0.29) is 11.4 Å². The van der Waals surface area contributed by atoms with E-state index >= 15 is 0 Å². The van der Waals surface area contributed by atoms with E-state index in [2.05, 4.69) is 60.8 Å². The van der Waals surface area contributed by atoms with Crippen molar-refractivity contribution in [1.29, 1.82) is 0 Å². The van der Waals surface area contributed by atoms with Gasteiger partial charge < -0.3 is 15.5 Å². The topological polar surface area (TPSA) is 44.4 Å². The molecule has 0 spiro atoms. The van der Waals surface area contributed by atoms with Gasteiger partial charge in [0.05, 0.1) is 5.54 Å². The van der Waals surface area contributed by atoms with Crippen molar-refractivity contribution >= 4 is 5.91 Å². The van der Waals surface area contributed by atoms with Gasteiger partial charge in [0.15, 0.2) is 0 Å². The molecule has 1 aliphatic heterocycles. The highest BCUT2D eigenvalue weighted by Gasteiger charge is 2.38. The molecule has 0 aromatic heterocycles. The minimum Gasteiger partial charge on any atom is -0.341 e. The summed E-state index contributed by atoms with van der Waals surface area (Å²) in [4.78, 5) is 14.3. The van der Waals surface area contributed by atoms with Gasteiger partial charge in [0.25, 0.3) is 5.91 Å². The van der Waals surface area contributed by atoms with Crippen LogP contribution >= 0.6 is 0 Å². The lowest BCUT2D eigenvalue weighted by atomic mass is 9.92. The van der Waals surface area contributed by atoms with Crippen molar-refractivity contribution in [3.05, 3.63) is 70.8 Å². The minimum atomic E-state index is -0.348. The van der Waals surface area contributed by atoms with Crippen molar-refractivity contribution in [2.45, 2.75) is 25.4 Å². The summed E-state index contributed by atoms with van der Waals surface area (Å²) in [5, 5.41) is 6.60. The van der Waals surface area contributed by atoms with Crippen LogP contribution in [0.3, 0.4) is 0 Å². The van der Waals surface area contributed by atoms with Gasteiger partial charge in [-0.15, -0.1) is 0 Å². The Morgan fingerprint density at radius 1 is 1.04 bits per heavy atom. The normalized spacial score (nSPS) is 19.1. The molecule has 132 valence electrons. The maximum Gasteiger partial charge on any atom is 0.252 e. The Kier molecular flexibility index (Phi) is 5.21. The van der Waals surface area contributed by atoms with Gasteiger partial charge in [0, 0.05) is 25.2 Å². The van der Waals surface area contributed by atoms with Gasteiger partial charge in [-0.2, -0.15) is 0 Å². The Morgan fingerprint density at radius 2 is 1.72 bits per heavy atom. The van der Waals surface area contributed by atoms with Crippen LogP contribution in [-0.2, 0) is 18.5 Å². The Hall–Kier alpha value is -2.17. The predicted octanol–water partition coefficient (Wildman–Crippen LogP) is 2.54. The zero-order valence-corrected chi connectivity index (χ0v) is 15.3. The van der Waals surface area contributed by atoms with Gasteiger partial charge in [-0.1, -0.05) is 42.5 Å². The summed E-state index contributed by atoms with van der Waals surface area (Å²) in [5.41, 5.74) is 4.14. The number of hydrogen-bond acceptors (Lipinski definition) is 3. The number of carbonyl (C=O) groups excluding carboxylic acids is 1. The number of nitrogens with zero attached hydrogens (tertiary/aromatic N) is 1. The number of amides is 1. The van der Waals surface area contributed by atoms with Crippen LogP contribution in [0.1, 0.15) is 34.0 Å². The van der Waals surface area contributed by atoms with Crippen LogP contribution in [0.25, 0.3) is 0 Å². The van der Waals surface area contributed by atoms with E-state index in [1.54, 1.807) is 0 Å². The van der Waals surface area contributed by atoms with Crippen molar-refractivity contribution < 1.29 is 4.79 Å². The van der Waals surface area contributed by atoms with Crippen LogP contribution in [0.2, 0.25) is 0 Å². The van der Waals surface area contributed by atoms with E-state index in [1.807, 2.05) is 24.3 Å². The minimum absolute atomic E-state index is 0.0187. The quantitative estimate of drug-likeness (QED) is 0.816. The lowest BCUT2D eigenvalue weighted by Gasteiger charge is -2.26. The Balaban J connectivity index is 1.56. The fraction of sp³-hybridized carbons (Fsp3) is 0.381. The number of nitrogens with one attached hydrogen (secondary N) is 2. The molecular formula is C21H27N3O. The molecule has 3 rings (SSSR count). The Morgan fingerprint density at radius 3 is 2.44 bits per heavy atom. The molecule has 2 aromatic carbocycles. The predicted molar refractivity (Wildman–Crippen MR) is 102 cm³/mol. The SMILES string of the molecule is CN(C)CCc1ccc(CNCC2(C)NC(=O)c3ccccc32)cc1. The molecule has 0 saturated heterocycles. The zero-order valence-electron chi connectivity index (χ0n) is 15.3. The second kappa shape index (κ2) is 7.38. The van der Waals surface area contributed by atoms with Crippen molar-refractivity contribution in [3.8, 4) is 0 Å². The highest BCUT2D eigenvalue weighted by atomic mass is 16.2. The van der Waals surface area contributed by atoms with Crippen molar-refractivity contribution in [1.82, 2.24) is 15.5 Å². The monoisotopic (exact) mass is 337 g/mol. The Labute approximate surface area is 150 Å². The first kappa shape index (κ1) is 17.6. The summed E-state index contributed by atoms with van der Waals surface area (Å²) in [6.07, 6.45) is 1.07. The van der Waals surface area contributed by atoms with Gasteiger partial charge in [-0.25, -0.2) is 0 Å². The van der Waals surface area contributed by atoms with Crippen LogP contribution in [-0.4, -0.2) is 38.0 Å². The van der Waals surface area contributed by atoms with Crippen molar-refractivity contribution in [3.63, 3.8) is 0 Å². The maximum absolute atomic E-state index is 12.1. The molecule has 1 heterocycles. The summed E-state index contributed by atoms with van der Waals surface area (Å²) >= 11 is 0. The van der Waals surface area contributed by atoms with E-state index in [4.69, 9.17) is 0 Å². The molecule has 1 atom stereocenters. The molecule has 0 saturated carbocycles. The van der Waals surface area contributed by atoms with Gasteiger partial charge in [0.1, 0.15) is 0 Å². The zero-order chi connectivity index (χ0) is 17.9. The summed E-state index contributed by atoms with van der Waals surface area (Å²) < 4.78 is 0. The van der Waals surface area contributed by atoms with Crippen LogP contribution in [0.4, 0.5) is 0 Å².